The molecule has 1 heterocycles. The van der Waals surface area contributed by atoms with Crippen molar-refractivity contribution in [3.05, 3.63) is 47.0 Å². The molecule has 0 amide bonds. The number of benzene rings is 2. The van der Waals surface area contributed by atoms with Crippen molar-refractivity contribution in [3.63, 3.8) is 0 Å². The van der Waals surface area contributed by atoms with E-state index in [1.165, 1.54) is 19.2 Å². The molecular formula is C18H15ClF3N3O2. The molecular weight excluding hydrogens is 383 g/mol. The lowest BCUT2D eigenvalue weighted by atomic mass is 10.0. The van der Waals surface area contributed by atoms with Crippen molar-refractivity contribution >= 4 is 28.5 Å². The van der Waals surface area contributed by atoms with Crippen LogP contribution < -0.4 is 10.5 Å². The summed E-state index contributed by atoms with van der Waals surface area (Å²) in [6.45, 7) is 0.586. The molecule has 0 atom stereocenters. The van der Waals surface area contributed by atoms with Gasteiger partial charge in [-0.15, -0.1) is 0 Å². The van der Waals surface area contributed by atoms with Crippen molar-refractivity contribution in [2.45, 2.75) is 6.18 Å². The van der Waals surface area contributed by atoms with Crippen LogP contribution in [0.4, 0.5) is 19.1 Å². The molecule has 142 valence electrons. The highest BCUT2D eigenvalue weighted by molar-refractivity contribution is 6.31. The summed E-state index contributed by atoms with van der Waals surface area (Å²) in [5, 5.41) is 0.174. The van der Waals surface area contributed by atoms with E-state index in [0.717, 1.165) is 6.07 Å². The first-order valence-corrected chi connectivity index (χ1v) is 8.23. The number of nitrogens with two attached hydrogens (primary N) is 1. The SMILES string of the molecule is COCCOc1nc(N)nc2ccc(-c3ccc(Cl)c(C(F)(F)F)c3)cc12. The van der Waals surface area contributed by atoms with Crippen LogP contribution >= 0.6 is 11.6 Å². The topological polar surface area (TPSA) is 70.3 Å². The van der Waals surface area contributed by atoms with E-state index in [2.05, 4.69) is 9.97 Å². The Bertz CT molecular complexity index is 980. The van der Waals surface area contributed by atoms with Gasteiger partial charge in [-0.2, -0.15) is 18.2 Å². The number of hydrogen-bond donors (Lipinski definition) is 1. The first-order valence-electron chi connectivity index (χ1n) is 7.85. The minimum atomic E-state index is -4.55. The molecule has 3 aromatic rings. The number of halogens is 4. The zero-order chi connectivity index (χ0) is 19.6. The number of ether oxygens (including phenoxy) is 2. The molecule has 0 fully saturated rings. The molecule has 0 radical (unpaired) electrons. The summed E-state index contributed by atoms with van der Waals surface area (Å²) in [4.78, 5) is 8.19. The Morgan fingerprint density at radius 3 is 2.44 bits per heavy atom. The molecule has 0 aliphatic heterocycles. The lowest BCUT2D eigenvalue weighted by Crippen LogP contribution is -2.07. The number of hydrogen-bond acceptors (Lipinski definition) is 5. The number of rotatable bonds is 5. The first-order chi connectivity index (χ1) is 12.8. The van der Waals surface area contributed by atoms with Gasteiger partial charge >= 0.3 is 6.18 Å². The van der Waals surface area contributed by atoms with E-state index in [-0.39, 0.29) is 23.5 Å². The highest BCUT2D eigenvalue weighted by Crippen LogP contribution is 2.38. The van der Waals surface area contributed by atoms with Gasteiger partial charge in [0.25, 0.3) is 0 Å². The summed E-state index contributed by atoms with van der Waals surface area (Å²) in [5.74, 6) is 0.273. The Kier molecular flexibility index (Phi) is 5.38. The molecule has 0 spiro atoms. The largest absolute Gasteiger partial charge is 0.475 e. The molecule has 5 nitrogen and oxygen atoms in total. The van der Waals surface area contributed by atoms with E-state index in [0.29, 0.717) is 28.6 Å². The van der Waals surface area contributed by atoms with Gasteiger partial charge in [-0.25, -0.2) is 4.98 Å². The average molecular weight is 398 g/mol. The van der Waals surface area contributed by atoms with Crippen LogP contribution in [0.25, 0.3) is 22.0 Å². The number of alkyl halides is 3. The molecule has 0 aliphatic rings. The first kappa shape index (κ1) is 19.2. The second-order valence-corrected chi connectivity index (χ2v) is 6.06. The van der Waals surface area contributed by atoms with Crippen LogP contribution in [0, 0.1) is 0 Å². The summed E-state index contributed by atoms with van der Waals surface area (Å²) < 4.78 is 49.9. The van der Waals surface area contributed by atoms with E-state index in [9.17, 15) is 13.2 Å². The molecule has 1 aromatic heterocycles. The molecule has 0 bridgehead atoms. The summed E-state index contributed by atoms with van der Waals surface area (Å²) >= 11 is 5.69. The second kappa shape index (κ2) is 7.58. The third-order valence-electron chi connectivity index (χ3n) is 3.81. The highest BCUT2D eigenvalue weighted by atomic mass is 35.5. The maximum Gasteiger partial charge on any atom is 0.417 e. The van der Waals surface area contributed by atoms with E-state index in [1.807, 2.05) is 0 Å². The molecule has 0 unspecified atom stereocenters. The fourth-order valence-electron chi connectivity index (χ4n) is 2.55. The van der Waals surface area contributed by atoms with Gasteiger partial charge in [-0.05, 0) is 35.4 Å². The highest BCUT2D eigenvalue weighted by Gasteiger charge is 2.33. The number of aromatic nitrogens is 2. The average Bonchev–Trinajstić information content (AvgIpc) is 2.61. The Balaban J connectivity index is 2.08. The second-order valence-electron chi connectivity index (χ2n) is 5.65. The summed E-state index contributed by atoms with van der Waals surface area (Å²) in [5.41, 5.74) is 6.20. The van der Waals surface area contributed by atoms with Crippen molar-refractivity contribution in [2.75, 3.05) is 26.1 Å². The van der Waals surface area contributed by atoms with Gasteiger partial charge in [0.05, 0.1) is 28.1 Å². The molecule has 2 N–H and O–H groups in total. The van der Waals surface area contributed by atoms with E-state index in [4.69, 9.17) is 26.8 Å². The number of nitrogen functional groups attached to an aromatic ring is 1. The molecule has 3 rings (SSSR count). The van der Waals surface area contributed by atoms with Crippen LogP contribution in [0.2, 0.25) is 5.02 Å². The third-order valence-corrected chi connectivity index (χ3v) is 4.14. The zero-order valence-electron chi connectivity index (χ0n) is 14.2. The number of nitrogens with zero attached hydrogens (tertiary/aromatic N) is 2. The van der Waals surface area contributed by atoms with Crippen LogP contribution in [0.3, 0.4) is 0 Å². The molecule has 9 heteroatoms. The monoisotopic (exact) mass is 397 g/mol. The molecule has 0 saturated heterocycles. The van der Waals surface area contributed by atoms with E-state index in [1.54, 1.807) is 18.2 Å². The maximum absolute atomic E-state index is 13.1. The van der Waals surface area contributed by atoms with Gasteiger partial charge in [0.1, 0.15) is 6.61 Å². The maximum atomic E-state index is 13.1. The van der Waals surface area contributed by atoms with Crippen LogP contribution in [0.15, 0.2) is 36.4 Å². The van der Waals surface area contributed by atoms with Gasteiger partial charge in [0, 0.05) is 7.11 Å². The zero-order valence-corrected chi connectivity index (χ0v) is 14.9. The molecule has 0 aliphatic carbocycles. The Morgan fingerprint density at radius 2 is 1.74 bits per heavy atom. The third kappa shape index (κ3) is 4.23. The molecule has 0 saturated carbocycles. The van der Waals surface area contributed by atoms with E-state index >= 15 is 0 Å². The van der Waals surface area contributed by atoms with Crippen LogP contribution in [-0.4, -0.2) is 30.3 Å². The Labute approximate surface area is 157 Å². The molecule has 27 heavy (non-hydrogen) atoms. The lowest BCUT2D eigenvalue weighted by Gasteiger charge is -2.12. The smallest absolute Gasteiger partial charge is 0.417 e. The van der Waals surface area contributed by atoms with Gasteiger partial charge in [-0.3, -0.25) is 0 Å². The van der Waals surface area contributed by atoms with E-state index < -0.39 is 11.7 Å². The van der Waals surface area contributed by atoms with Crippen molar-refractivity contribution in [1.29, 1.82) is 0 Å². The van der Waals surface area contributed by atoms with Crippen molar-refractivity contribution in [3.8, 4) is 17.0 Å². The van der Waals surface area contributed by atoms with Gasteiger partial charge in [-0.1, -0.05) is 23.7 Å². The Morgan fingerprint density at radius 1 is 1.04 bits per heavy atom. The molecule has 2 aromatic carbocycles. The summed E-state index contributed by atoms with van der Waals surface area (Å²) in [6, 6.07) is 8.69. The van der Waals surface area contributed by atoms with Crippen LogP contribution in [-0.2, 0) is 10.9 Å². The quantitative estimate of drug-likeness (QED) is 0.638. The number of methoxy groups -OCH3 is 1. The summed E-state index contributed by atoms with van der Waals surface area (Å²) in [6.07, 6.45) is -4.55. The van der Waals surface area contributed by atoms with Crippen molar-refractivity contribution in [2.24, 2.45) is 0 Å². The van der Waals surface area contributed by atoms with Gasteiger partial charge in [0.2, 0.25) is 11.8 Å². The van der Waals surface area contributed by atoms with Gasteiger partial charge in [0.15, 0.2) is 0 Å². The summed E-state index contributed by atoms with van der Waals surface area (Å²) in [7, 11) is 1.53. The van der Waals surface area contributed by atoms with Gasteiger partial charge < -0.3 is 15.2 Å². The standard InChI is InChI=1S/C18H15ClF3N3O2/c1-26-6-7-27-16-12-8-10(3-5-15(12)24-17(23)25-16)11-2-4-14(19)13(9-11)18(20,21)22/h2-5,8-9H,6-7H2,1H3,(H2,23,24,25). The lowest BCUT2D eigenvalue weighted by molar-refractivity contribution is -0.137. The fourth-order valence-corrected chi connectivity index (χ4v) is 2.78. The van der Waals surface area contributed by atoms with Crippen LogP contribution in [0.1, 0.15) is 5.56 Å². The van der Waals surface area contributed by atoms with Crippen LogP contribution in [0.5, 0.6) is 5.88 Å². The van der Waals surface area contributed by atoms with Crippen molar-refractivity contribution in [1.82, 2.24) is 9.97 Å². The minimum Gasteiger partial charge on any atom is -0.475 e. The Hall–Kier alpha value is -2.58. The van der Waals surface area contributed by atoms with Crippen molar-refractivity contribution < 1.29 is 22.6 Å². The minimum absolute atomic E-state index is 0.0357. The predicted molar refractivity (Wildman–Crippen MR) is 96.8 cm³/mol. The number of fused-ring (bicyclic) bond motifs is 1. The normalized spacial score (nSPS) is 11.7. The fraction of sp³-hybridized carbons (Fsp3) is 0.222. The number of anilines is 1. The predicted octanol–water partition coefficient (Wildman–Crippen LogP) is 4.58.